The van der Waals surface area contributed by atoms with Crippen LogP contribution < -0.4 is 10.5 Å². The van der Waals surface area contributed by atoms with E-state index in [0.717, 1.165) is 32.9 Å². The van der Waals surface area contributed by atoms with Crippen LogP contribution in [0.1, 0.15) is 0 Å². The van der Waals surface area contributed by atoms with Gasteiger partial charge in [0.2, 0.25) is 0 Å². The van der Waals surface area contributed by atoms with Crippen molar-refractivity contribution in [3.8, 4) is 11.5 Å². The molecule has 20 heavy (non-hydrogen) atoms. The van der Waals surface area contributed by atoms with Crippen LogP contribution in [0.25, 0.3) is 10.8 Å². The Morgan fingerprint density at radius 2 is 1.85 bits per heavy atom. The second-order valence-electron chi connectivity index (χ2n) is 4.33. The lowest BCUT2D eigenvalue weighted by Gasteiger charge is -2.12. The summed E-state index contributed by atoms with van der Waals surface area (Å²) in [6.07, 6.45) is 5.55. The first-order chi connectivity index (χ1) is 9.79. The van der Waals surface area contributed by atoms with Crippen LogP contribution in [0.15, 0.2) is 59.8 Å². The number of nitrogens with zero attached hydrogens (tertiary/aromatic N) is 1. The van der Waals surface area contributed by atoms with Crippen molar-refractivity contribution in [3.63, 3.8) is 0 Å². The van der Waals surface area contributed by atoms with Crippen molar-refractivity contribution in [3.05, 3.63) is 54.9 Å². The van der Waals surface area contributed by atoms with E-state index in [-0.39, 0.29) is 0 Å². The number of aromatic nitrogens is 1. The van der Waals surface area contributed by atoms with Gasteiger partial charge in [-0.3, -0.25) is 4.98 Å². The summed E-state index contributed by atoms with van der Waals surface area (Å²) in [4.78, 5) is 5.26. The van der Waals surface area contributed by atoms with Crippen molar-refractivity contribution in [1.82, 2.24) is 4.98 Å². The SMILES string of the molecule is CSc1ccccc1Oc1ccc(N)c2ccncc12. The van der Waals surface area contributed by atoms with E-state index in [0.29, 0.717) is 0 Å². The minimum Gasteiger partial charge on any atom is -0.455 e. The fraction of sp³-hybridized carbons (Fsp3) is 0.0625. The smallest absolute Gasteiger partial charge is 0.140 e. The molecule has 0 bridgehead atoms. The Kier molecular flexibility index (Phi) is 3.48. The molecule has 4 heteroatoms. The van der Waals surface area contributed by atoms with Gasteiger partial charge in [-0.1, -0.05) is 12.1 Å². The summed E-state index contributed by atoms with van der Waals surface area (Å²) in [7, 11) is 0. The van der Waals surface area contributed by atoms with Gasteiger partial charge < -0.3 is 10.5 Å². The Balaban J connectivity index is 2.09. The normalized spacial score (nSPS) is 10.7. The van der Waals surface area contributed by atoms with E-state index >= 15 is 0 Å². The second kappa shape index (κ2) is 5.43. The molecule has 0 atom stereocenters. The van der Waals surface area contributed by atoms with Crippen LogP contribution in [-0.4, -0.2) is 11.2 Å². The molecule has 0 amide bonds. The van der Waals surface area contributed by atoms with E-state index in [1.807, 2.05) is 48.7 Å². The third-order valence-electron chi connectivity index (χ3n) is 3.10. The Morgan fingerprint density at radius 1 is 1.00 bits per heavy atom. The summed E-state index contributed by atoms with van der Waals surface area (Å²) in [6.45, 7) is 0. The molecule has 3 aromatic rings. The van der Waals surface area contributed by atoms with Gasteiger partial charge in [0, 0.05) is 33.7 Å². The maximum Gasteiger partial charge on any atom is 0.140 e. The average Bonchev–Trinajstić information content (AvgIpc) is 2.51. The van der Waals surface area contributed by atoms with Crippen LogP contribution in [0, 0.1) is 0 Å². The van der Waals surface area contributed by atoms with Crippen LogP contribution >= 0.6 is 11.8 Å². The minimum atomic E-state index is 0.730. The summed E-state index contributed by atoms with van der Waals surface area (Å²) in [5.74, 6) is 1.61. The van der Waals surface area contributed by atoms with Gasteiger partial charge in [-0.15, -0.1) is 11.8 Å². The van der Waals surface area contributed by atoms with Gasteiger partial charge in [0.15, 0.2) is 0 Å². The molecule has 2 aromatic carbocycles. The van der Waals surface area contributed by atoms with Crippen LogP contribution in [-0.2, 0) is 0 Å². The third kappa shape index (κ3) is 2.30. The number of ether oxygens (including phenoxy) is 1. The first-order valence-corrected chi connectivity index (χ1v) is 7.45. The summed E-state index contributed by atoms with van der Waals surface area (Å²) in [5, 5.41) is 1.88. The van der Waals surface area contributed by atoms with Gasteiger partial charge in [-0.25, -0.2) is 0 Å². The number of rotatable bonds is 3. The Hall–Kier alpha value is -2.20. The molecule has 0 aliphatic rings. The summed E-state index contributed by atoms with van der Waals surface area (Å²) >= 11 is 1.66. The summed E-state index contributed by atoms with van der Waals surface area (Å²) < 4.78 is 6.05. The average molecular weight is 282 g/mol. The summed E-state index contributed by atoms with van der Waals surface area (Å²) in [6, 6.07) is 13.6. The number of para-hydroxylation sites is 1. The van der Waals surface area contributed by atoms with Gasteiger partial charge in [0.05, 0.1) is 0 Å². The number of fused-ring (bicyclic) bond motifs is 1. The van der Waals surface area contributed by atoms with Gasteiger partial charge in [0.25, 0.3) is 0 Å². The monoisotopic (exact) mass is 282 g/mol. The van der Waals surface area contributed by atoms with E-state index in [4.69, 9.17) is 10.5 Å². The predicted octanol–water partition coefficient (Wildman–Crippen LogP) is 4.33. The predicted molar refractivity (Wildman–Crippen MR) is 84.5 cm³/mol. The van der Waals surface area contributed by atoms with Crippen LogP contribution in [0.4, 0.5) is 5.69 Å². The zero-order chi connectivity index (χ0) is 13.9. The molecule has 1 aromatic heterocycles. The van der Waals surface area contributed by atoms with E-state index < -0.39 is 0 Å². The highest BCUT2D eigenvalue weighted by atomic mass is 32.2. The van der Waals surface area contributed by atoms with Crippen molar-refractivity contribution in [2.24, 2.45) is 0 Å². The molecule has 0 saturated heterocycles. The molecular weight excluding hydrogens is 268 g/mol. The van der Waals surface area contributed by atoms with Crippen molar-refractivity contribution in [2.75, 3.05) is 12.0 Å². The van der Waals surface area contributed by atoms with E-state index in [9.17, 15) is 0 Å². The molecule has 0 aliphatic heterocycles. The minimum absolute atomic E-state index is 0.730. The molecule has 0 fully saturated rings. The van der Waals surface area contributed by atoms with Gasteiger partial charge in [-0.05, 0) is 36.6 Å². The lowest BCUT2D eigenvalue weighted by Crippen LogP contribution is -1.92. The summed E-state index contributed by atoms with van der Waals surface area (Å²) in [5.41, 5.74) is 6.72. The maximum atomic E-state index is 6.05. The van der Waals surface area contributed by atoms with E-state index in [1.165, 1.54) is 0 Å². The molecule has 0 spiro atoms. The zero-order valence-electron chi connectivity index (χ0n) is 11.0. The molecule has 0 aliphatic carbocycles. The number of benzene rings is 2. The number of hydrogen-bond donors (Lipinski definition) is 1. The molecule has 1 heterocycles. The van der Waals surface area contributed by atoms with Crippen molar-refractivity contribution in [1.29, 1.82) is 0 Å². The maximum absolute atomic E-state index is 6.05. The fourth-order valence-corrected chi connectivity index (χ4v) is 2.62. The number of anilines is 1. The number of nitrogens with two attached hydrogens (primary N) is 1. The van der Waals surface area contributed by atoms with Crippen LogP contribution in [0.2, 0.25) is 0 Å². The second-order valence-corrected chi connectivity index (χ2v) is 5.18. The largest absolute Gasteiger partial charge is 0.455 e. The Bertz CT molecular complexity index is 758. The fourth-order valence-electron chi connectivity index (χ4n) is 2.10. The van der Waals surface area contributed by atoms with E-state index in [1.54, 1.807) is 24.2 Å². The van der Waals surface area contributed by atoms with Crippen LogP contribution in [0.5, 0.6) is 11.5 Å². The highest BCUT2D eigenvalue weighted by molar-refractivity contribution is 7.98. The highest BCUT2D eigenvalue weighted by Crippen LogP contribution is 2.36. The molecular formula is C16H14N2OS. The lowest BCUT2D eigenvalue weighted by atomic mass is 10.1. The first kappa shape index (κ1) is 12.8. The topological polar surface area (TPSA) is 48.1 Å². The zero-order valence-corrected chi connectivity index (χ0v) is 11.9. The Morgan fingerprint density at radius 3 is 2.70 bits per heavy atom. The number of pyridine rings is 1. The molecule has 0 saturated carbocycles. The van der Waals surface area contributed by atoms with Crippen LogP contribution in [0.3, 0.4) is 0 Å². The molecule has 0 unspecified atom stereocenters. The van der Waals surface area contributed by atoms with Crippen molar-refractivity contribution >= 4 is 28.2 Å². The number of nitrogen functional groups attached to an aromatic ring is 1. The molecule has 3 nitrogen and oxygen atoms in total. The van der Waals surface area contributed by atoms with Gasteiger partial charge in [-0.2, -0.15) is 0 Å². The lowest BCUT2D eigenvalue weighted by molar-refractivity contribution is 0.476. The van der Waals surface area contributed by atoms with Crippen molar-refractivity contribution in [2.45, 2.75) is 4.90 Å². The highest BCUT2D eigenvalue weighted by Gasteiger charge is 2.08. The Labute approximate surface area is 121 Å². The van der Waals surface area contributed by atoms with Gasteiger partial charge >= 0.3 is 0 Å². The standard InChI is InChI=1S/C16H14N2OS/c1-20-16-5-3-2-4-15(16)19-14-7-6-13(17)11-8-9-18-10-12(11)14/h2-10H,17H2,1H3. The van der Waals surface area contributed by atoms with Gasteiger partial charge in [0.1, 0.15) is 11.5 Å². The third-order valence-corrected chi connectivity index (χ3v) is 3.88. The molecule has 2 N–H and O–H groups in total. The molecule has 3 rings (SSSR count). The first-order valence-electron chi connectivity index (χ1n) is 6.22. The quantitative estimate of drug-likeness (QED) is 0.573. The number of hydrogen-bond acceptors (Lipinski definition) is 4. The number of thioether (sulfide) groups is 1. The van der Waals surface area contributed by atoms with E-state index in [2.05, 4.69) is 4.98 Å². The molecule has 0 radical (unpaired) electrons. The molecule has 100 valence electrons. The van der Waals surface area contributed by atoms with Crippen molar-refractivity contribution < 1.29 is 4.74 Å².